The summed E-state index contributed by atoms with van der Waals surface area (Å²) >= 11 is 1.84. The van der Waals surface area contributed by atoms with Crippen molar-refractivity contribution in [3.05, 3.63) is 33.9 Å². The minimum Gasteiger partial charge on any atom is -0.421 e. The van der Waals surface area contributed by atoms with Crippen LogP contribution < -0.4 is 4.57 Å². The molecule has 0 aliphatic rings. The summed E-state index contributed by atoms with van der Waals surface area (Å²) in [5.74, 6) is 0. The first-order chi connectivity index (χ1) is 13.6. The van der Waals surface area contributed by atoms with E-state index in [1.54, 1.807) is 0 Å². The fourth-order valence-electron chi connectivity index (χ4n) is 2.07. The zero-order valence-electron chi connectivity index (χ0n) is 15.4. The fraction of sp³-hybridized carbons (Fsp3) is 0.533. The van der Waals surface area contributed by atoms with Crippen LogP contribution in [0, 0.1) is 0 Å². The Bertz CT molecular complexity index is 989. The van der Waals surface area contributed by atoms with Gasteiger partial charge in [0.25, 0.3) is 0 Å². The minimum absolute atomic E-state index is 0.778. The summed E-state index contributed by atoms with van der Waals surface area (Å²) in [7, 11) is -13.4. The lowest BCUT2D eigenvalue weighted by atomic mass is 10.2. The summed E-state index contributed by atoms with van der Waals surface area (Å²) in [5, 5.41) is 0. The molecule has 0 amide bonds. The molecule has 0 unspecified atom stereocenters. The number of para-hydroxylation sites is 1. The second-order valence-electron chi connectivity index (χ2n) is 5.86. The molecule has 0 spiro atoms. The molecule has 1 aromatic carbocycles. The maximum Gasteiger partial charge on any atom is 0.480 e. The summed E-state index contributed by atoms with van der Waals surface area (Å²) in [6, 6.07) is 8.64. The molecule has 0 aliphatic heterocycles. The van der Waals surface area contributed by atoms with E-state index in [2.05, 4.69) is 41.3 Å². The predicted molar refractivity (Wildman–Crippen MR) is 99.5 cm³/mol. The van der Waals surface area contributed by atoms with Crippen molar-refractivity contribution in [1.29, 1.82) is 0 Å². The third-order valence-electron chi connectivity index (χ3n) is 3.52. The van der Waals surface area contributed by atoms with Gasteiger partial charge in [-0.25, -0.2) is 16.8 Å². The van der Waals surface area contributed by atoms with Crippen LogP contribution in [-0.4, -0.2) is 27.9 Å². The van der Waals surface area contributed by atoms with Crippen LogP contribution in [0.25, 0.3) is 14.3 Å². The van der Waals surface area contributed by atoms with E-state index in [4.69, 9.17) is 0 Å². The van der Waals surface area contributed by atoms with Gasteiger partial charge in [-0.05, 0) is 12.5 Å². The Morgan fingerprint density at radius 1 is 0.900 bits per heavy atom. The molecule has 172 valence electrons. The molecule has 0 saturated carbocycles. The van der Waals surface area contributed by atoms with Gasteiger partial charge in [-0.3, -0.25) is 0 Å². The Hall–Kier alpha value is -1.45. The molecule has 0 aliphatic carbocycles. The molecule has 1 heterocycles. The standard InChI is InChI=1S/C13H18NS.C2F6NO4S2/c1-2-3-4-7-10-14-11-15-13-9-6-5-8-12(13)14;3-1(4,5)14(10,11)9-15(12,13)2(6,7)8/h5-6,8-9,11H,2-4,7,10H2,1H3;/q+1;-1. The highest BCUT2D eigenvalue weighted by Gasteiger charge is 2.46. The van der Waals surface area contributed by atoms with Crippen molar-refractivity contribution in [2.75, 3.05) is 0 Å². The molecule has 0 fully saturated rings. The van der Waals surface area contributed by atoms with Crippen molar-refractivity contribution in [2.24, 2.45) is 0 Å². The van der Waals surface area contributed by atoms with Gasteiger partial charge in [0.1, 0.15) is 11.2 Å². The Morgan fingerprint density at radius 2 is 1.43 bits per heavy atom. The van der Waals surface area contributed by atoms with E-state index >= 15 is 0 Å². The Morgan fingerprint density at radius 3 is 1.93 bits per heavy atom. The van der Waals surface area contributed by atoms with E-state index in [9.17, 15) is 43.2 Å². The predicted octanol–water partition coefficient (Wildman–Crippen LogP) is 4.83. The number of sulfonamides is 2. The van der Waals surface area contributed by atoms with Crippen molar-refractivity contribution in [3.8, 4) is 0 Å². The normalized spacial score (nSPS) is 13.2. The third-order valence-corrected chi connectivity index (χ3v) is 7.21. The Labute approximate surface area is 173 Å². The molecular weight excluding hydrogens is 482 g/mol. The number of rotatable bonds is 7. The van der Waals surface area contributed by atoms with Crippen LogP contribution in [0.15, 0.2) is 29.8 Å². The van der Waals surface area contributed by atoms with E-state index in [1.165, 1.54) is 42.4 Å². The second-order valence-corrected chi connectivity index (χ2v) is 10.2. The number of thiazole rings is 1. The lowest BCUT2D eigenvalue weighted by molar-refractivity contribution is -0.667. The summed E-state index contributed by atoms with van der Waals surface area (Å²) in [4.78, 5) is 0. The number of nitrogens with zero attached hydrogens (tertiary/aromatic N) is 2. The van der Waals surface area contributed by atoms with Crippen LogP contribution in [0.3, 0.4) is 0 Å². The highest BCUT2D eigenvalue weighted by atomic mass is 32.3. The van der Waals surface area contributed by atoms with Gasteiger partial charge < -0.3 is 4.13 Å². The quantitative estimate of drug-likeness (QED) is 0.310. The van der Waals surface area contributed by atoms with Crippen molar-refractivity contribution in [3.63, 3.8) is 0 Å². The first kappa shape index (κ1) is 26.6. The van der Waals surface area contributed by atoms with Crippen molar-refractivity contribution in [2.45, 2.75) is 50.2 Å². The lowest BCUT2D eigenvalue weighted by Crippen LogP contribution is -2.31. The van der Waals surface area contributed by atoms with Crippen LogP contribution in [0.1, 0.15) is 32.6 Å². The first-order valence-corrected chi connectivity index (χ1v) is 12.1. The average Bonchev–Trinajstić information content (AvgIpc) is 3.00. The molecule has 2 rings (SSSR count). The van der Waals surface area contributed by atoms with Gasteiger partial charge in [0.05, 0.1) is 0 Å². The molecule has 30 heavy (non-hydrogen) atoms. The number of aryl methyl sites for hydroxylation is 1. The molecule has 0 radical (unpaired) electrons. The molecule has 1 aromatic heterocycles. The van der Waals surface area contributed by atoms with Gasteiger partial charge in [-0.2, -0.15) is 30.9 Å². The molecule has 0 bridgehead atoms. The SMILES string of the molecule is CCCCCC[n+]1csc2ccccc21.O=S(=O)([N-]S(=O)(=O)C(F)(F)F)C(F)(F)F. The van der Waals surface area contributed by atoms with Crippen LogP contribution in [0.2, 0.25) is 0 Å². The highest BCUT2D eigenvalue weighted by Crippen LogP contribution is 2.36. The molecule has 0 atom stereocenters. The molecule has 2 aromatic rings. The summed E-state index contributed by atoms with van der Waals surface area (Å²) in [6.45, 7) is 3.43. The molecule has 0 saturated heterocycles. The summed E-state index contributed by atoms with van der Waals surface area (Å²) in [6.07, 6.45) is 5.34. The van der Waals surface area contributed by atoms with Crippen LogP contribution in [-0.2, 0) is 26.6 Å². The smallest absolute Gasteiger partial charge is 0.421 e. The van der Waals surface area contributed by atoms with Crippen molar-refractivity contribution in [1.82, 2.24) is 0 Å². The van der Waals surface area contributed by atoms with Gasteiger partial charge in [0, 0.05) is 12.5 Å². The molecule has 15 heteroatoms. The van der Waals surface area contributed by atoms with Crippen LogP contribution in [0.5, 0.6) is 0 Å². The van der Waals surface area contributed by atoms with Crippen LogP contribution >= 0.6 is 11.3 Å². The zero-order valence-corrected chi connectivity index (χ0v) is 17.9. The maximum atomic E-state index is 11.4. The number of halogens is 6. The summed E-state index contributed by atoms with van der Waals surface area (Å²) in [5.41, 5.74) is -8.77. The molecular formula is C15H18F6N2O4S3. The largest absolute Gasteiger partial charge is 0.480 e. The second kappa shape index (κ2) is 10.2. The third kappa shape index (κ3) is 7.35. The van der Waals surface area contributed by atoms with Crippen molar-refractivity contribution < 1.29 is 47.7 Å². The van der Waals surface area contributed by atoms with E-state index in [1.807, 2.05) is 11.3 Å². The maximum absolute atomic E-state index is 11.4. The number of aromatic nitrogens is 1. The number of hydrogen-bond acceptors (Lipinski definition) is 5. The number of hydrogen-bond donors (Lipinski definition) is 0. The monoisotopic (exact) mass is 500 g/mol. The van der Waals surface area contributed by atoms with Gasteiger partial charge in [0.15, 0.2) is 20.0 Å². The Balaban J connectivity index is 0.000000300. The summed E-state index contributed by atoms with van der Waals surface area (Å²) < 4.78 is 113. The van der Waals surface area contributed by atoms with E-state index in [-0.39, 0.29) is 0 Å². The lowest BCUT2D eigenvalue weighted by Gasteiger charge is -2.22. The van der Waals surface area contributed by atoms with Gasteiger partial charge in [0.2, 0.25) is 11.0 Å². The van der Waals surface area contributed by atoms with Crippen molar-refractivity contribution >= 4 is 41.6 Å². The minimum atomic E-state index is -6.72. The Kier molecular flexibility index (Phi) is 9.07. The first-order valence-electron chi connectivity index (χ1n) is 8.35. The molecule has 6 nitrogen and oxygen atoms in total. The van der Waals surface area contributed by atoms with Crippen LogP contribution in [0.4, 0.5) is 26.3 Å². The number of benzene rings is 1. The topological polar surface area (TPSA) is 86.3 Å². The molecule has 0 N–H and O–H groups in total. The van der Waals surface area contributed by atoms with Gasteiger partial charge >= 0.3 is 11.0 Å². The fourth-order valence-corrected chi connectivity index (χ4v) is 4.70. The van der Waals surface area contributed by atoms with Gasteiger partial charge in [-0.15, -0.1) is 0 Å². The van der Waals surface area contributed by atoms with E-state index < -0.39 is 31.1 Å². The number of alkyl halides is 6. The van der Waals surface area contributed by atoms with E-state index in [0.29, 0.717) is 0 Å². The zero-order chi connectivity index (χ0) is 23.2. The number of unbranched alkanes of at least 4 members (excludes halogenated alkanes) is 3. The van der Waals surface area contributed by atoms with E-state index in [0.717, 1.165) is 4.13 Å². The number of fused-ring (bicyclic) bond motifs is 1. The van der Waals surface area contributed by atoms with Gasteiger partial charge in [-0.1, -0.05) is 43.2 Å². The average molecular weight is 501 g/mol. The highest BCUT2D eigenvalue weighted by molar-refractivity contribution is 8.13.